The fourth-order valence-electron chi connectivity index (χ4n) is 1.54. The van der Waals surface area contributed by atoms with Crippen LogP contribution in [0.1, 0.15) is 19.1 Å². The molecule has 3 nitrogen and oxygen atoms in total. The molecule has 1 aromatic rings. The van der Waals surface area contributed by atoms with Gasteiger partial charge in [-0.15, -0.1) is 0 Å². The third-order valence-electron chi connectivity index (χ3n) is 2.49. The van der Waals surface area contributed by atoms with Crippen LogP contribution in [0, 0.1) is 5.92 Å². The Morgan fingerprint density at radius 2 is 2.36 bits per heavy atom. The molecule has 0 radical (unpaired) electrons. The standard InChI is InChI=1S/C11H20N2O/c1-3-10(7-12)8-13(2)9-11-5-4-6-14-11/h4-6,10H,3,7-9,12H2,1-2H3. The lowest BCUT2D eigenvalue weighted by Gasteiger charge is -2.20. The van der Waals surface area contributed by atoms with Crippen LogP contribution in [0.2, 0.25) is 0 Å². The largest absolute Gasteiger partial charge is 0.468 e. The van der Waals surface area contributed by atoms with Crippen molar-refractivity contribution in [2.24, 2.45) is 11.7 Å². The molecule has 0 bridgehead atoms. The first-order valence-electron chi connectivity index (χ1n) is 5.17. The highest BCUT2D eigenvalue weighted by Gasteiger charge is 2.08. The average molecular weight is 196 g/mol. The third-order valence-corrected chi connectivity index (χ3v) is 2.49. The van der Waals surface area contributed by atoms with Crippen molar-refractivity contribution in [2.45, 2.75) is 19.9 Å². The first-order chi connectivity index (χ1) is 6.76. The maximum Gasteiger partial charge on any atom is 0.117 e. The van der Waals surface area contributed by atoms with Gasteiger partial charge in [0, 0.05) is 6.54 Å². The van der Waals surface area contributed by atoms with Crippen molar-refractivity contribution in [1.82, 2.24) is 4.90 Å². The van der Waals surface area contributed by atoms with Gasteiger partial charge in [-0.3, -0.25) is 4.90 Å². The van der Waals surface area contributed by atoms with Gasteiger partial charge in [0.15, 0.2) is 0 Å². The number of nitrogens with zero attached hydrogens (tertiary/aromatic N) is 1. The predicted octanol–water partition coefficient (Wildman–Crippen LogP) is 1.70. The first-order valence-corrected chi connectivity index (χ1v) is 5.17. The maximum atomic E-state index is 5.65. The van der Waals surface area contributed by atoms with E-state index in [0.29, 0.717) is 5.92 Å². The topological polar surface area (TPSA) is 42.4 Å². The average Bonchev–Trinajstić information content (AvgIpc) is 2.66. The van der Waals surface area contributed by atoms with Gasteiger partial charge in [-0.25, -0.2) is 0 Å². The zero-order valence-corrected chi connectivity index (χ0v) is 9.07. The molecule has 1 aromatic heterocycles. The minimum Gasteiger partial charge on any atom is -0.468 e. The molecule has 0 aromatic carbocycles. The highest BCUT2D eigenvalue weighted by atomic mass is 16.3. The van der Waals surface area contributed by atoms with E-state index in [4.69, 9.17) is 10.2 Å². The number of hydrogen-bond acceptors (Lipinski definition) is 3. The number of hydrogen-bond donors (Lipinski definition) is 1. The summed E-state index contributed by atoms with van der Waals surface area (Å²) in [5.41, 5.74) is 5.65. The molecule has 2 N–H and O–H groups in total. The molecule has 0 aliphatic heterocycles. The zero-order valence-electron chi connectivity index (χ0n) is 9.07. The minimum absolute atomic E-state index is 0.593. The molecular weight excluding hydrogens is 176 g/mol. The smallest absolute Gasteiger partial charge is 0.117 e. The molecule has 0 aliphatic carbocycles. The summed E-state index contributed by atoms with van der Waals surface area (Å²) in [6, 6.07) is 3.92. The Balaban J connectivity index is 2.31. The van der Waals surface area contributed by atoms with Crippen LogP contribution in [0.3, 0.4) is 0 Å². The Kier molecular flexibility index (Phi) is 4.70. The van der Waals surface area contributed by atoms with Crippen LogP contribution >= 0.6 is 0 Å². The van der Waals surface area contributed by atoms with Crippen molar-refractivity contribution >= 4 is 0 Å². The van der Waals surface area contributed by atoms with Gasteiger partial charge in [0.2, 0.25) is 0 Å². The molecule has 80 valence electrons. The van der Waals surface area contributed by atoms with Gasteiger partial charge >= 0.3 is 0 Å². The Labute approximate surface area is 85.9 Å². The van der Waals surface area contributed by atoms with Crippen LogP contribution in [-0.2, 0) is 6.54 Å². The summed E-state index contributed by atoms with van der Waals surface area (Å²) in [4.78, 5) is 2.25. The zero-order chi connectivity index (χ0) is 10.4. The molecule has 1 atom stereocenters. The van der Waals surface area contributed by atoms with Gasteiger partial charge in [0.25, 0.3) is 0 Å². The van der Waals surface area contributed by atoms with Gasteiger partial charge in [0.1, 0.15) is 5.76 Å². The van der Waals surface area contributed by atoms with E-state index < -0.39 is 0 Å². The highest BCUT2D eigenvalue weighted by molar-refractivity contribution is 4.97. The summed E-state index contributed by atoms with van der Waals surface area (Å²) in [7, 11) is 2.10. The second kappa shape index (κ2) is 5.83. The fourth-order valence-corrected chi connectivity index (χ4v) is 1.54. The van der Waals surface area contributed by atoms with Gasteiger partial charge in [-0.05, 0) is 31.6 Å². The quantitative estimate of drug-likeness (QED) is 0.753. The lowest BCUT2D eigenvalue weighted by atomic mass is 10.1. The molecule has 0 fully saturated rings. The van der Waals surface area contributed by atoms with E-state index in [1.165, 1.54) is 0 Å². The highest BCUT2D eigenvalue weighted by Crippen LogP contribution is 2.07. The molecular formula is C11H20N2O. The molecule has 1 unspecified atom stereocenters. The van der Waals surface area contributed by atoms with Crippen LogP contribution in [0.5, 0.6) is 0 Å². The Hall–Kier alpha value is -0.800. The van der Waals surface area contributed by atoms with Crippen molar-refractivity contribution in [2.75, 3.05) is 20.1 Å². The maximum absolute atomic E-state index is 5.65. The molecule has 3 heteroatoms. The molecule has 0 saturated carbocycles. The van der Waals surface area contributed by atoms with Crippen molar-refractivity contribution in [3.05, 3.63) is 24.2 Å². The van der Waals surface area contributed by atoms with E-state index in [0.717, 1.165) is 31.8 Å². The lowest BCUT2D eigenvalue weighted by Crippen LogP contribution is -2.29. The summed E-state index contributed by atoms with van der Waals surface area (Å²) in [5, 5.41) is 0. The molecule has 1 heterocycles. The molecule has 0 amide bonds. The van der Waals surface area contributed by atoms with Gasteiger partial charge in [-0.1, -0.05) is 13.3 Å². The second-order valence-corrected chi connectivity index (χ2v) is 3.79. The van der Waals surface area contributed by atoms with Crippen LogP contribution in [0.25, 0.3) is 0 Å². The van der Waals surface area contributed by atoms with Crippen LogP contribution < -0.4 is 5.73 Å². The number of nitrogens with two attached hydrogens (primary N) is 1. The molecule has 0 aliphatic rings. The lowest BCUT2D eigenvalue weighted by molar-refractivity contribution is 0.248. The van der Waals surface area contributed by atoms with Crippen LogP contribution in [0.4, 0.5) is 0 Å². The van der Waals surface area contributed by atoms with E-state index in [2.05, 4.69) is 18.9 Å². The SMILES string of the molecule is CCC(CN)CN(C)Cc1ccco1. The van der Waals surface area contributed by atoms with Gasteiger partial charge < -0.3 is 10.2 Å². The molecule has 1 rings (SSSR count). The summed E-state index contributed by atoms with van der Waals surface area (Å²) in [6.07, 6.45) is 2.85. The van der Waals surface area contributed by atoms with Gasteiger partial charge in [0.05, 0.1) is 12.8 Å². The second-order valence-electron chi connectivity index (χ2n) is 3.79. The normalized spacial score (nSPS) is 13.4. The van der Waals surface area contributed by atoms with Crippen molar-refractivity contribution in [1.29, 1.82) is 0 Å². The summed E-state index contributed by atoms with van der Waals surface area (Å²) < 4.78 is 5.28. The van der Waals surface area contributed by atoms with Crippen LogP contribution in [0.15, 0.2) is 22.8 Å². The van der Waals surface area contributed by atoms with Crippen molar-refractivity contribution in [3.63, 3.8) is 0 Å². The van der Waals surface area contributed by atoms with E-state index in [-0.39, 0.29) is 0 Å². The third kappa shape index (κ3) is 3.52. The summed E-state index contributed by atoms with van der Waals surface area (Å²) >= 11 is 0. The van der Waals surface area contributed by atoms with Crippen LogP contribution in [-0.4, -0.2) is 25.0 Å². The fraction of sp³-hybridized carbons (Fsp3) is 0.636. The molecule has 0 spiro atoms. The van der Waals surface area contributed by atoms with Crippen molar-refractivity contribution in [3.8, 4) is 0 Å². The number of furan rings is 1. The van der Waals surface area contributed by atoms with E-state index >= 15 is 0 Å². The Morgan fingerprint density at radius 1 is 1.57 bits per heavy atom. The minimum atomic E-state index is 0.593. The summed E-state index contributed by atoms with van der Waals surface area (Å²) in [5.74, 6) is 1.61. The molecule has 14 heavy (non-hydrogen) atoms. The Morgan fingerprint density at radius 3 is 2.86 bits per heavy atom. The van der Waals surface area contributed by atoms with E-state index in [1.54, 1.807) is 6.26 Å². The van der Waals surface area contributed by atoms with Crippen molar-refractivity contribution < 1.29 is 4.42 Å². The monoisotopic (exact) mass is 196 g/mol. The van der Waals surface area contributed by atoms with Gasteiger partial charge in [-0.2, -0.15) is 0 Å². The summed E-state index contributed by atoms with van der Waals surface area (Å²) in [6.45, 7) is 4.84. The van der Waals surface area contributed by atoms with E-state index in [9.17, 15) is 0 Å². The molecule has 0 saturated heterocycles. The number of rotatable bonds is 6. The first kappa shape index (κ1) is 11.3. The predicted molar refractivity (Wildman–Crippen MR) is 57.9 cm³/mol. The van der Waals surface area contributed by atoms with E-state index in [1.807, 2.05) is 12.1 Å². The Bertz CT molecular complexity index is 229.